The molecule has 2 aliphatic rings. The van der Waals surface area contributed by atoms with E-state index in [0.29, 0.717) is 25.7 Å². The second-order valence-corrected chi connectivity index (χ2v) is 14.0. The highest BCUT2D eigenvalue weighted by Gasteiger charge is 2.39. The summed E-state index contributed by atoms with van der Waals surface area (Å²) >= 11 is 0. The Morgan fingerprint density at radius 1 is 0.849 bits per heavy atom. The summed E-state index contributed by atoms with van der Waals surface area (Å²) in [5, 5.41) is 18.6. The molecule has 0 spiro atoms. The predicted octanol–water partition coefficient (Wildman–Crippen LogP) is 6.13. The van der Waals surface area contributed by atoms with E-state index in [9.17, 15) is 24.3 Å². The third kappa shape index (κ3) is 10.4. The van der Waals surface area contributed by atoms with Gasteiger partial charge in [0, 0.05) is 12.3 Å². The van der Waals surface area contributed by atoms with Crippen LogP contribution in [0.4, 0.5) is 4.79 Å². The fraction of sp³-hybridized carbons (Fsp3) is 0.395. The molecule has 0 heterocycles. The van der Waals surface area contributed by atoms with Crippen LogP contribution in [-0.4, -0.2) is 66.4 Å². The third-order valence-electron chi connectivity index (χ3n) is 10.2. The van der Waals surface area contributed by atoms with Gasteiger partial charge in [-0.05, 0) is 66.3 Å². The van der Waals surface area contributed by atoms with Gasteiger partial charge < -0.3 is 30.5 Å². The Morgan fingerprint density at radius 2 is 1.49 bits per heavy atom. The molecule has 2 aliphatic carbocycles. The smallest absolute Gasteiger partial charge is 0.407 e. The van der Waals surface area contributed by atoms with Crippen LogP contribution >= 0.6 is 0 Å². The number of aliphatic hydroxyl groups is 1. The molecule has 0 saturated heterocycles. The van der Waals surface area contributed by atoms with Gasteiger partial charge >= 0.3 is 12.1 Å². The minimum Gasteiger partial charge on any atom is -0.462 e. The van der Waals surface area contributed by atoms with Crippen molar-refractivity contribution in [2.24, 2.45) is 5.92 Å². The van der Waals surface area contributed by atoms with E-state index >= 15 is 0 Å². The summed E-state index contributed by atoms with van der Waals surface area (Å²) in [6, 6.07) is 24.2. The summed E-state index contributed by atoms with van der Waals surface area (Å²) in [5.74, 6) is -2.14. The van der Waals surface area contributed by atoms with Gasteiger partial charge in [-0.2, -0.15) is 0 Å². The molecular formula is C43H51N3O7. The SMILES string of the molecule is C=CCC[C@H](NC(=O)OCC1c2ccccc2-c2ccccc21)C(=O)OCC1(NC(=O)[C@H](CC=C)CC(=O)N[C@@H](CO)Cc2ccccc2)CCCC1. The van der Waals surface area contributed by atoms with Crippen LogP contribution in [-0.2, 0) is 30.3 Å². The number of ether oxygens (including phenoxy) is 2. The number of carbonyl (C=O) groups is 4. The second kappa shape index (κ2) is 19.0. The Morgan fingerprint density at radius 3 is 2.11 bits per heavy atom. The highest BCUT2D eigenvalue weighted by molar-refractivity contribution is 5.87. The molecule has 0 bridgehead atoms. The van der Waals surface area contributed by atoms with Gasteiger partial charge in [-0.3, -0.25) is 9.59 Å². The number of allylic oxidation sites excluding steroid dienone is 2. The van der Waals surface area contributed by atoms with E-state index in [0.717, 1.165) is 40.7 Å². The molecule has 1 saturated carbocycles. The maximum atomic E-state index is 13.7. The van der Waals surface area contributed by atoms with Crippen molar-refractivity contribution in [3.8, 4) is 11.1 Å². The lowest BCUT2D eigenvalue weighted by molar-refractivity contribution is -0.149. The lowest BCUT2D eigenvalue weighted by Crippen LogP contribution is -2.53. The quantitative estimate of drug-likeness (QED) is 0.0862. The summed E-state index contributed by atoms with van der Waals surface area (Å²) in [4.78, 5) is 53.3. The molecule has 0 aliphatic heterocycles. The van der Waals surface area contributed by atoms with Crippen molar-refractivity contribution in [2.45, 2.75) is 81.3 Å². The third-order valence-corrected chi connectivity index (χ3v) is 10.2. The van der Waals surface area contributed by atoms with Crippen LogP contribution in [0.2, 0.25) is 0 Å². The van der Waals surface area contributed by atoms with Gasteiger partial charge in [0.05, 0.1) is 24.1 Å². The van der Waals surface area contributed by atoms with Crippen molar-refractivity contribution in [1.29, 1.82) is 0 Å². The number of hydrogen-bond acceptors (Lipinski definition) is 7. The number of hydrogen-bond donors (Lipinski definition) is 4. The predicted molar refractivity (Wildman–Crippen MR) is 204 cm³/mol. The van der Waals surface area contributed by atoms with E-state index in [2.05, 4.69) is 41.2 Å². The average molecular weight is 722 g/mol. The number of rotatable bonds is 19. The molecule has 10 heteroatoms. The molecule has 1 fully saturated rings. The van der Waals surface area contributed by atoms with E-state index in [1.54, 1.807) is 12.2 Å². The molecule has 10 nitrogen and oxygen atoms in total. The molecule has 0 unspecified atom stereocenters. The Kier molecular flexibility index (Phi) is 14.0. The van der Waals surface area contributed by atoms with Crippen molar-refractivity contribution < 1.29 is 33.8 Å². The fourth-order valence-corrected chi connectivity index (χ4v) is 7.40. The Bertz CT molecular complexity index is 1690. The van der Waals surface area contributed by atoms with Crippen LogP contribution in [0.1, 0.15) is 74.0 Å². The molecule has 280 valence electrons. The van der Waals surface area contributed by atoms with E-state index < -0.39 is 35.6 Å². The standard InChI is InChI=1S/C43H51N3O7/c1-3-5-22-38(45-42(51)52-28-37-35-20-11-9-18-33(35)34-19-10-12-21-36(34)37)41(50)53-29-43(23-13-14-24-43)46-40(49)31(15-4-2)26-39(48)44-32(27-47)25-30-16-7-6-8-17-30/h3-4,6-12,16-21,31-32,37-38,47H,1-2,5,13-15,22-29H2,(H,44,48)(H,45,51)(H,46,49)/t31-,32-,38+/m1/s1. The van der Waals surface area contributed by atoms with Crippen LogP contribution < -0.4 is 16.0 Å². The normalized spacial score (nSPS) is 15.9. The zero-order valence-corrected chi connectivity index (χ0v) is 30.3. The van der Waals surface area contributed by atoms with Gasteiger partial charge in [0.1, 0.15) is 19.3 Å². The number of amides is 3. The Hall–Kier alpha value is -5.22. The maximum Gasteiger partial charge on any atom is 0.407 e. The van der Waals surface area contributed by atoms with Gasteiger partial charge in [0.25, 0.3) is 0 Å². The fourth-order valence-electron chi connectivity index (χ4n) is 7.40. The van der Waals surface area contributed by atoms with Crippen LogP contribution in [0.25, 0.3) is 11.1 Å². The lowest BCUT2D eigenvalue weighted by Gasteiger charge is -2.32. The van der Waals surface area contributed by atoms with Crippen molar-refractivity contribution in [1.82, 2.24) is 16.0 Å². The molecule has 4 N–H and O–H groups in total. The van der Waals surface area contributed by atoms with Crippen LogP contribution in [0.15, 0.2) is 104 Å². The number of carbonyl (C=O) groups excluding carboxylic acids is 4. The molecule has 3 aromatic carbocycles. The monoisotopic (exact) mass is 721 g/mol. The molecule has 3 aromatic rings. The minimum absolute atomic E-state index is 0.0782. The number of nitrogens with one attached hydrogen (secondary N) is 3. The summed E-state index contributed by atoms with van der Waals surface area (Å²) in [6.07, 6.45) is 6.77. The number of alkyl carbamates (subject to hydrolysis) is 1. The first-order chi connectivity index (χ1) is 25.8. The molecule has 3 atom stereocenters. The number of aliphatic hydroxyl groups excluding tert-OH is 1. The lowest BCUT2D eigenvalue weighted by atomic mass is 9.94. The summed E-state index contributed by atoms with van der Waals surface area (Å²) < 4.78 is 11.5. The summed E-state index contributed by atoms with van der Waals surface area (Å²) in [5.41, 5.74) is 4.57. The summed E-state index contributed by atoms with van der Waals surface area (Å²) in [7, 11) is 0. The topological polar surface area (TPSA) is 143 Å². The second-order valence-electron chi connectivity index (χ2n) is 14.0. The molecular weight excluding hydrogens is 670 g/mol. The van der Waals surface area contributed by atoms with Gasteiger partial charge in [-0.25, -0.2) is 9.59 Å². The first kappa shape index (κ1) is 39.0. The average Bonchev–Trinajstić information content (AvgIpc) is 3.77. The number of benzene rings is 3. The summed E-state index contributed by atoms with van der Waals surface area (Å²) in [6.45, 7) is 7.33. The minimum atomic E-state index is -0.981. The first-order valence-corrected chi connectivity index (χ1v) is 18.5. The zero-order valence-electron chi connectivity index (χ0n) is 30.3. The molecule has 5 rings (SSSR count). The van der Waals surface area contributed by atoms with Crippen molar-refractivity contribution in [3.05, 3.63) is 121 Å². The molecule has 0 aromatic heterocycles. The molecule has 0 radical (unpaired) electrons. The first-order valence-electron chi connectivity index (χ1n) is 18.5. The van der Waals surface area contributed by atoms with Gasteiger partial charge in [-0.15, -0.1) is 13.2 Å². The Balaban J connectivity index is 1.16. The largest absolute Gasteiger partial charge is 0.462 e. The van der Waals surface area contributed by atoms with Gasteiger partial charge in [-0.1, -0.05) is 104 Å². The Labute approximate surface area is 312 Å². The molecule has 53 heavy (non-hydrogen) atoms. The van der Waals surface area contributed by atoms with Crippen LogP contribution in [0, 0.1) is 5.92 Å². The highest BCUT2D eigenvalue weighted by atomic mass is 16.6. The van der Waals surface area contributed by atoms with E-state index in [4.69, 9.17) is 9.47 Å². The number of esters is 1. The number of fused-ring (bicyclic) bond motifs is 3. The van der Waals surface area contributed by atoms with E-state index in [1.165, 1.54) is 0 Å². The van der Waals surface area contributed by atoms with Crippen molar-refractivity contribution in [2.75, 3.05) is 19.8 Å². The van der Waals surface area contributed by atoms with Gasteiger partial charge in [0.2, 0.25) is 11.8 Å². The highest BCUT2D eigenvalue weighted by Crippen LogP contribution is 2.44. The van der Waals surface area contributed by atoms with Crippen LogP contribution in [0.5, 0.6) is 0 Å². The van der Waals surface area contributed by atoms with E-state index in [-0.39, 0.29) is 56.8 Å². The molecule has 3 amide bonds. The van der Waals surface area contributed by atoms with E-state index in [1.807, 2.05) is 66.7 Å². The van der Waals surface area contributed by atoms with Crippen molar-refractivity contribution >= 4 is 23.9 Å². The van der Waals surface area contributed by atoms with Gasteiger partial charge in [0.15, 0.2) is 0 Å². The van der Waals surface area contributed by atoms with Crippen LogP contribution in [0.3, 0.4) is 0 Å². The maximum absolute atomic E-state index is 13.7. The van der Waals surface area contributed by atoms with Crippen molar-refractivity contribution in [3.63, 3.8) is 0 Å². The zero-order chi connectivity index (χ0) is 37.6.